The second kappa shape index (κ2) is 6.07. The molecule has 23 heavy (non-hydrogen) atoms. The molecule has 3 rings (SSSR count). The molecule has 3 N–H and O–H groups in total. The van der Waals surface area contributed by atoms with E-state index in [1.165, 1.54) is 0 Å². The van der Waals surface area contributed by atoms with Gasteiger partial charge in [-0.05, 0) is 31.9 Å². The standard InChI is InChI=1S/C17H17N5O/c1-11(2)22-10-14(15-5-6-19-17(18)21-15)13-8-12(4-3-7-23)20-9-16(13)22/h5-6,8-11,23H,7H2,1-2H3,(H2,18,19,21). The van der Waals surface area contributed by atoms with Crippen LogP contribution in [0.1, 0.15) is 25.6 Å². The quantitative estimate of drug-likeness (QED) is 0.707. The first-order chi connectivity index (χ1) is 11.1. The number of hydrogen-bond donors (Lipinski definition) is 2. The normalized spacial score (nSPS) is 10.8. The molecule has 0 saturated heterocycles. The first-order valence-corrected chi connectivity index (χ1v) is 7.29. The van der Waals surface area contributed by atoms with Gasteiger partial charge in [-0.1, -0.05) is 5.92 Å². The van der Waals surface area contributed by atoms with E-state index in [1.807, 2.05) is 18.3 Å². The van der Waals surface area contributed by atoms with Crippen molar-refractivity contribution < 1.29 is 5.11 Å². The Balaban J connectivity index is 2.27. The van der Waals surface area contributed by atoms with Gasteiger partial charge in [0.05, 0.1) is 17.4 Å². The highest BCUT2D eigenvalue weighted by Gasteiger charge is 2.14. The number of fused-ring (bicyclic) bond motifs is 1. The molecular formula is C17H17N5O. The van der Waals surface area contributed by atoms with Crippen LogP contribution in [0.3, 0.4) is 0 Å². The van der Waals surface area contributed by atoms with Gasteiger partial charge in [-0.15, -0.1) is 0 Å². The fourth-order valence-electron chi connectivity index (χ4n) is 2.50. The summed E-state index contributed by atoms with van der Waals surface area (Å²) in [5.74, 6) is 5.69. The van der Waals surface area contributed by atoms with Gasteiger partial charge in [0.25, 0.3) is 0 Å². The second-order valence-corrected chi connectivity index (χ2v) is 5.39. The molecule has 0 aromatic carbocycles. The topological polar surface area (TPSA) is 89.9 Å². The van der Waals surface area contributed by atoms with E-state index in [-0.39, 0.29) is 18.6 Å². The maximum Gasteiger partial charge on any atom is 0.220 e. The molecule has 0 fully saturated rings. The van der Waals surface area contributed by atoms with Gasteiger partial charge in [0.1, 0.15) is 12.3 Å². The lowest BCUT2D eigenvalue weighted by Crippen LogP contribution is -1.98. The van der Waals surface area contributed by atoms with Crippen LogP contribution < -0.4 is 5.73 Å². The minimum atomic E-state index is -0.192. The van der Waals surface area contributed by atoms with Crippen LogP contribution in [0, 0.1) is 11.8 Å². The van der Waals surface area contributed by atoms with Crippen LogP contribution in [0.25, 0.3) is 22.2 Å². The largest absolute Gasteiger partial charge is 0.384 e. The molecule has 0 bridgehead atoms. The van der Waals surface area contributed by atoms with E-state index < -0.39 is 0 Å². The van der Waals surface area contributed by atoms with E-state index in [4.69, 9.17) is 10.8 Å². The lowest BCUT2D eigenvalue weighted by Gasteiger charge is -2.08. The molecule has 0 atom stereocenters. The van der Waals surface area contributed by atoms with Crippen molar-refractivity contribution in [2.45, 2.75) is 19.9 Å². The summed E-state index contributed by atoms with van der Waals surface area (Å²) in [6.07, 6.45) is 5.48. The van der Waals surface area contributed by atoms with Gasteiger partial charge in [-0.25, -0.2) is 15.0 Å². The molecule has 0 aliphatic carbocycles. The van der Waals surface area contributed by atoms with Crippen molar-refractivity contribution in [3.8, 4) is 23.1 Å². The Hall–Kier alpha value is -2.91. The van der Waals surface area contributed by atoms with E-state index in [9.17, 15) is 0 Å². The maximum absolute atomic E-state index is 8.84. The van der Waals surface area contributed by atoms with Crippen molar-refractivity contribution in [3.63, 3.8) is 0 Å². The van der Waals surface area contributed by atoms with Crippen LogP contribution in [0.4, 0.5) is 5.95 Å². The van der Waals surface area contributed by atoms with Crippen molar-refractivity contribution >= 4 is 16.9 Å². The molecule has 0 amide bonds. The number of aliphatic hydroxyl groups excluding tert-OH is 1. The third kappa shape index (κ3) is 2.87. The monoisotopic (exact) mass is 307 g/mol. The van der Waals surface area contributed by atoms with E-state index in [2.05, 4.69) is 45.2 Å². The summed E-state index contributed by atoms with van der Waals surface area (Å²) in [4.78, 5) is 12.6. The Morgan fingerprint density at radius 1 is 1.35 bits per heavy atom. The summed E-state index contributed by atoms with van der Waals surface area (Å²) in [6, 6.07) is 4.02. The summed E-state index contributed by atoms with van der Waals surface area (Å²) in [5, 5.41) is 9.84. The summed E-state index contributed by atoms with van der Waals surface area (Å²) in [5.41, 5.74) is 9.03. The minimum absolute atomic E-state index is 0.192. The number of anilines is 1. The van der Waals surface area contributed by atoms with Gasteiger partial charge in [0.2, 0.25) is 5.95 Å². The first-order valence-electron chi connectivity index (χ1n) is 7.29. The van der Waals surface area contributed by atoms with Crippen molar-refractivity contribution in [2.24, 2.45) is 0 Å². The Kier molecular flexibility index (Phi) is 3.96. The van der Waals surface area contributed by atoms with Crippen LogP contribution in [0.2, 0.25) is 0 Å². The van der Waals surface area contributed by atoms with Gasteiger partial charge < -0.3 is 15.4 Å². The van der Waals surface area contributed by atoms with Crippen LogP contribution in [0.15, 0.2) is 30.7 Å². The molecule has 3 aromatic heterocycles. The van der Waals surface area contributed by atoms with Gasteiger partial charge >= 0.3 is 0 Å². The molecule has 0 radical (unpaired) electrons. The lowest BCUT2D eigenvalue weighted by molar-refractivity contribution is 0.350. The Labute approximate surface area is 134 Å². The summed E-state index contributed by atoms with van der Waals surface area (Å²) < 4.78 is 2.14. The molecule has 3 aromatic rings. The van der Waals surface area contributed by atoms with Crippen molar-refractivity contribution in [3.05, 3.63) is 36.4 Å². The smallest absolute Gasteiger partial charge is 0.220 e. The molecule has 3 heterocycles. The van der Waals surface area contributed by atoms with Gasteiger partial charge in [0.15, 0.2) is 0 Å². The van der Waals surface area contributed by atoms with Crippen molar-refractivity contribution in [1.29, 1.82) is 0 Å². The second-order valence-electron chi connectivity index (χ2n) is 5.39. The molecule has 6 nitrogen and oxygen atoms in total. The molecule has 0 saturated carbocycles. The highest BCUT2D eigenvalue weighted by molar-refractivity contribution is 5.95. The number of aliphatic hydroxyl groups is 1. The minimum Gasteiger partial charge on any atom is -0.384 e. The number of rotatable bonds is 2. The van der Waals surface area contributed by atoms with Crippen LogP contribution in [-0.4, -0.2) is 31.2 Å². The number of pyridine rings is 1. The zero-order valence-corrected chi connectivity index (χ0v) is 13.0. The predicted molar refractivity (Wildman–Crippen MR) is 89.5 cm³/mol. The van der Waals surface area contributed by atoms with E-state index in [0.717, 1.165) is 22.2 Å². The van der Waals surface area contributed by atoms with Gasteiger partial charge in [-0.3, -0.25) is 0 Å². The van der Waals surface area contributed by atoms with Crippen LogP contribution in [-0.2, 0) is 0 Å². The van der Waals surface area contributed by atoms with E-state index in [0.29, 0.717) is 5.69 Å². The number of hydrogen-bond acceptors (Lipinski definition) is 5. The summed E-state index contributed by atoms with van der Waals surface area (Å²) in [7, 11) is 0. The fraction of sp³-hybridized carbons (Fsp3) is 0.235. The molecule has 0 unspecified atom stereocenters. The van der Waals surface area contributed by atoms with Crippen molar-refractivity contribution in [1.82, 2.24) is 19.5 Å². The van der Waals surface area contributed by atoms with Gasteiger partial charge in [-0.2, -0.15) is 0 Å². The third-order valence-electron chi connectivity index (χ3n) is 3.52. The zero-order valence-electron chi connectivity index (χ0n) is 13.0. The van der Waals surface area contributed by atoms with Gasteiger partial charge in [0, 0.05) is 29.4 Å². The number of nitrogens with zero attached hydrogens (tertiary/aromatic N) is 4. The number of aromatic nitrogens is 4. The first kappa shape index (κ1) is 15.0. The Morgan fingerprint density at radius 2 is 2.17 bits per heavy atom. The average molecular weight is 307 g/mol. The summed E-state index contributed by atoms with van der Waals surface area (Å²) in [6.45, 7) is 4.02. The fourth-order valence-corrected chi connectivity index (χ4v) is 2.50. The predicted octanol–water partition coefficient (Wildman–Crippen LogP) is 2.00. The summed E-state index contributed by atoms with van der Waals surface area (Å²) >= 11 is 0. The lowest BCUT2D eigenvalue weighted by atomic mass is 10.1. The SMILES string of the molecule is CC(C)n1cc(-c2ccnc(N)n2)c2cc(C#CCO)ncc21. The maximum atomic E-state index is 8.84. The molecule has 0 aliphatic rings. The Morgan fingerprint density at radius 3 is 2.87 bits per heavy atom. The average Bonchev–Trinajstić information content (AvgIpc) is 2.92. The molecular weight excluding hydrogens is 290 g/mol. The molecule has 0 spiro atoms. The van der Waals surface area contributed by atoms with Crippen molar-refractivity contribution in [2.75, 3.05) is 12.3 Å². The Bertz CT molecular complexity index is 918. The molecule has 0 aliphatic heterocycles. The van der Waals surface area contributed by atoms with Crippen LogP contribution in [0.5, 0.6) is 0 Å². The van der Waals surface area contributed by atoms with E-state index in [1.54, 1.807) is 12.4 Å². The highest BCUT2D eigenvalue weighted by Crippen LogP contribution is 2.31. The molecule has 116 valence electrons. The molecule has 6 heteroatoms. The third-order valence-corrected chi connectivity index (χ3v) is 3.52. The highest BCUT2D eigenvalue weighted by atomic mass is 16.2. The zero-order chi connectivity index (χ0) is 16.4. The number of nitrogen functional groups attached to an aromatic ring is 1. The number of nitrogens with two attached hydrogens (primary N) is 1. The van der Waals surface area contributed by atoms with E-state index >= 15 is 0 Å². The van der Waals surface area contributed by atoms with Crippen LogP contribution >= 0.6 is 0 Å².